The van der Waals surface area contributed by atoms with Crippen LogP contribution >= 0.6 is 0 Å². The number of halogens is 3. The Morgan fingerprint density at radius 2 is 1.88 bits per heavy atom. The lowest BCUT2D eigenvalue weighted by molar-refractivity contribution is -0.192. The predicted octanol–water partition coefficient (Wildman–Crippen LogP) is 2.63. The Kier molecular flexibility index (Phi) is 5.17. The highest BCUT2D eigenvalue weighted by atomic mass is 19.4. The molecule has 0 bridgehead atoms. The van der Waals surface area contributed by atoms with Crippen LogP contribution in [0, 0.1) is 11.8 Å². The smallest absolute Gasteiger partial charge is 0.475 e. The summed E-state index contributed by atoms with van der Waals surface area (Å²) in [5.41, 5.74) is 3.24. The summed E-state index contributed by atoms with van der Waals surface area (Å²) < 4.78 is 36.8. The first-order chi connectivity index (χ1) is 12.3. The van der Waals surface area contributed by atoms with E-state index >= 15 is 0 Å². The third-order valence-electron chi connectivity index (χ3n) is 4.56. The van der Waals surface area contributed by atoms with E-state index in [4.69, 9.17) is 14.3 Å². The number of pyridine rings is 1. The van der Waals surface area contributed by atoms with E-state index in [1.165, 1.54) is 18.8 Å². The molecule has 2 N–H and O–H groups in total. The number of furan rings is 1. The van der Waals surface area contributed by atoms with Crippen molar-refractivity contribution < 1.29 is 27.5 Å². The van der Waals surface area contributed by atoms with E-state index in [0.717, 1.165) is 36.2 Å². The largest absolute Gasteiger partial charge is 0.490 e. The van der Waals surface area contributed by atoms with Gasteiger partial charge in [0.25, 0.3) is 0 Å². The topological polar surface area (TPSA) is 78.6 Å². The van der Waals surface area contributed by atoms with E-state index in [2.05, 4.69) is 27.3 Å². The summed E-state index contributed by atoms with van der Waals surface area (Å²) in [6.07, 6.45) is 0.310. The second kappa shape index (κ2) is 7.36. The summed E-state index contributed by atoms with van der Waals surface area (Å²) >= 11 is 0. The molecule has 2 aliphatic heterocycles. The van der Waals surface area contributed by atoms with E-state index in [1.54, 1.807) is 12.5 Å². The van der Waals surface area contributed by atoms with Crippen molar-refractivity contribution in [3.05, 3.63) is 36.9 Å². The Labute approximate surface area is 147 Å². The van der Waals surface area contributed by atoms with Gasteiger partial charge in [-0.05, 0) is 30.0 Å². The molecule has 0 aliphatic carbocycles. The van der Waals surface area contributed by atoms with Gasteiger partial charge in [0.2, 0.25) is 0 Å². The third-order valence-corrected chi connectivity index (χ3v) is 4.56. The number of aliphatic carboxylic acids is 1. The maximum atomic E-state index is 10.6. The zero-order valence-corrected chi connectivity index (χ0v) is 13.7. The molecule has 2 fully saturated rings. The quantitative estimate of drug-likeness (QED) is 0.847. The van der Waals surface area contributed by atoms with Gasteiger partial charge in [0.05, 0.1) is 30.1 Å². The van der Waals surface area contributed by atoms with Crippen LogP contribution in [0.25, 0.3) is 11.3 Å². The SMILES string of the molecule is O=C(O)C(F)(F)F.c1cc(-c2ccc(N3CC4CNCC4C3)cn2)co1. The van der Waals surface area contributed by atoms with E-state index in [9.17, 15) is 13.2 Å². The average Bonchev–Trinajstić information content (AvgIpc) is 3.32. The van der Waals surface area contributed by atoms with Gasteiger partial charge in [-0.15, -0.1) is 0 Å². The Morgan fingerprint density at radius 3 is 2.35 bits per heavy atom. The Hall–Kier alpha value is -2.55. The molecule has 0 amide bonds. The van der Waals surface area contributed by atoms with E-state index in [-0.39, 0.29) is 0 Å². The number of carboxylic acid groups (broad SMARTS) is 1. The van der Waals surface area contributed by atoms with Crippen LogP contribution in [0.5, 0.6) is 0 Å². The van der Waals surface area contributed by atoms with Crippen LogP contribution < -0.4 is 10.2 Å². The van der Waals surface area contributed by atoms with Crippen molar-refractivity contribution >= 4 is 11.7 Å². The standard InChI is InChI=1S/C15H17N3O.C2HF3O2/c1-2-15(11-3-4-19-10-11)17-7-14(1)18-8-12-5-16-6-13(12)9-18;3-2(4,5)1(6)7/h1-4,7,10,12-13,16H,5-6,8-9H2;(H,6,7). The zero-order chi connectivity index (χ0) is 18.7. The second-order valence-corrected chi connectivity index (χ2v) is 6.30. The van der Waals surface area contributed by atoms with E-state index in [0.29, 0.717) is 0 Å². The molecule has 0 radical (unpaired) electrons. The van der Waals surface area contributed by atoms with Gasteiger partial charge in [-0.25, -0.2) is 4.79 Å². The summed E-state index contributed by atoms with van der Waals surface area (Å²) in [6.45, 7) is 4.65. The summed E-state index contributed by atoms with van der Waals surface area (Å²) in [5.74, 6) is -1.13. The molecule has 0 spiro atoms. The highest BCUT2D eigenvalue weighted by Crippen LogP contribution is 2.30. The molecule has 6 nitrogen and oxygen atoms in total. The number of nitrogens with zero attached hydrogens (tertiary/aromatic N) is 2. The van der Waals surface area contributed by atoms with Gasteiger partial charge in [0.15, 0.2) is 0 Å². The Bertz CT molecular complexity index is 720. The summed E-state index contributed by atoms with van der Waals surface area (Å²) in [4.78, 5) is 15.9. The third kappa shape index (κ3) is 4.16. The van der Waals surface area contributed by atoms with Crippen LogP contribution in [0.1, 0.15) is 0 Å². The van der Waals surface area contributed by atoms with Crippen LogP contribution in [-0.4, -0.2) is 48.4 Å². The molecule has 140 valence electrons. The number of carboxylic acids is 1. The second-order valence-electron chi connectivity index (χ2n) is 6.30. The summed E-state index contributed by atoms with van der Waals surface area (Å²) in [7, 11) is 0. The number of hydrogen-bond acceptors (Lipinski definition) is 5. The molecule has 0 aromatic carbocycles. The molecule has 2 unspecified atom stereocenters. The molecular weight excluding hydrogens is 351 g/mol. The van der Waals surface area contributed by atoms with E-state index in [1.807, 2.05) is 12.3 Å². The number of nitrogens with one attached hydrogen (secondary N) is 1. The fraction of sp³-hybridized carbons (Fsp3) is 0.412. The number of anilines is 1. The molecule has 2 aliphatic rings. The van der Waals surface area contributed by atoms with E-state index < -0.39 is 12.1 Å². The number of hydrogen-bond donors (Lipinski definition) is 2. The van der Waals surface area contributed by atoms with Crippen molar-refractivity contribution in [2.75, 3.05) is 31.1 Å². The van der Waals surface area contributed by atoms with Gasteiger partial charge in [-0.3, -0.25) is 4.98 Å². The predicted molar refractivity (Wildman–Crippen MR) is 87.7 cm³/mol. The normalized spacial score (nSPS) is 21.9. The van der Waals surface area contributed by atoms with Gasteiger partial charge in [-0.2, -0.15) is 13.2 Å². The van der Waals surface area contributed by atoms with Crippen LogP contribution in [0.15, 0.2) is 41.3 Å². The molecule has 4 rings (SSSR count). The average molecular weight is 369 g/mol. The highest BCUT2D eigenvalue weighted by Gasteiger charge is 2.38. The number of rotatable bonds is 2. The molecule has 26 heavy (non-hydrogen) atoms. The summed E-state index contributed by atoms with van der Waals surface area (Å²) in [5, 5.41) is 10.6. The van der Waals surface area contributed by atoms with Crippen LogP contribution in [0.3, 0.4) is 0 Å². The van der Waals surface area contributed by atoms with Gasteiger partial charge >= 0.3 is 12.1 Å². The minimum absolute atomic E-state index is 0.813. The number of carbonyl (C=O) groups is 1. The molecule has 2 aromatic rings. The van der Waals surface area contributed by atoms with Crippen molar-refractivity contribution in [2.45, 2.75) is 6.18 Å². The van der Waals surface area contributed by atoms with Crippen molar-refractivity contribution in [1.82, 2.24) is 10.3 Å². The van der Waals surface area contributed by atoms with Gasteiger partial charge in [0, 0.05) is 31.7 Å². The Balaban J connectivity index is 0.000000242. The molecule has 2 saturated heterocycles. The van der Waals surface area contributed by atoms with Crippen molar-refractivity contribution in [3.8, 4) is 11.3 Å². The van der Waals surface area contributed by atoms with Gasteiger partial charge in [-0.1, -0.05) is 0 Å². The fourth-order valence-corrected chi connectivity index (χ4v) is 3.22. The lowest BCUT2D eigenvalue weighted by Gasteiger charge is -2.19. The monoisotopic (exact) mass is 369 g/mol. The first kappa shape index (κ1) is 18.2. The minimum atomic E-state index is -5.08. The molecule has 9 heteroatoms. The lowest BCUT2D eigenvalue weighted by atomic mass is 10.0. The van der Waals surface area contributed by atoms with Crippen LogP contribution in [-0.2, 0) is 4.79 Å². The zero-order valence-electron chi connectivity index (χ0n) is 13.7. The number of aromatic nitrogens is 1. The Morgan fingerprint density at radius 1 is 1.23 bits per heavy atom. The molecular formula is C17H18F3N3O3. The highest BCUT2D eigenvalue weighted by molar-refractivity contribution is 5.73. The minimum Gasteiger partial charge on any atom is -0.475 e. The number of alkyl halides is 3. The van der Waals surface area contributed by atoms with Crippen molar-refractivity contribution in [1.29, 1.82) is 0 Å². The van der Waals surface area contributed by atoms with Crippen LogP contribution in [0.2, 0.25) is 0 Å². The molecule has 0 saturated carbocycles. The van der Waals surface area contributed by atoms with Crippen molar-refractivity contribution in [2.24, 2.45) is 11.8 Å². The van der Waals surface area contributed by atoms with Gasteiger partial charge < -0.3 is 19.7 Å². The van der Waals surface area contributed by atoms with Gasteiger partial charge in [0.1, 0.15) is 0 Å². The molecule has 4 heterocycles. The maximum absolute atomic E-state index is 10.6. The first-order valence-corrected chi connectivity index (χ1v) is 8.09. The molecule has 2 atom stereocenters. The fourth-order valence-electron chi connectivity index (χ4n) is 3.22. The number of fused-ring (bicyclic) bond motifs is 1. The summed E-state index contributed by atoms with van der Waals surface area (Å²) in [6, 6.07) is 6.18. The van der Waals surface area contributed by atoms with Crippen LogP contribution in [0.4, 0.5) is 18.9 Å². The molecule has 2 aromatic heterocycles. The maximum Gasteiger partial charge on any atom is 0.490 e. The lowest BCUT2D eigenvalue weighted by Crippen LogP contribution is -2.25. The van der Waals surface area contributed by atoms with Crippen molar-refractivity contribution in [3.63, 3.8) is 0 Å². The first-order valence-electron chi connectivity index (χ1n) is 8.09.